The topological polar surface area (TPSA) is 71.7 Å². The van der Waals surface area contributed by atoms with E-state index in [-0.39, 0.29) is 11.3 Å². The number of hydrogen-bond acceptors (Lipinski definition) is 3. The first-order chi connectivity index (χ1) is 10.9. The number of benzene rings is 1. The molecule has 0 bridgehead atoms. The highest BCUT2D eigenvalue weighted by molar-refractivity contribution is 5.91. The number of aromatic nitrogens is 2. The van der Waals surface area contributed by atoms with Crippen molar-refractivity contribution in [2.75, 3.05) is 0 Å². The third kappa shape index (κ3) is 2.46. The predicted molar refractivity (Wildman–Crippen MR) is 78.5 cm³/mol. The molecule has 0 unspecified atom stereocenters. The van der Waals surface area contributed by atoms with Crippen LogP contribution in [0.15, 0.2) is 41.3 Å². The highest BCUT2D eigenvalue weighted by atomic mass is 19.1. The fourth-order valence-electron chi connectivity index (χ4n) is 2.27. The molecule has 0 radical (unpaired) electrons. The Balaban J connectivity index is 2.46. The Morgan fingerprint density at radius 1 is 1.22 bits per heavy atom. The Labute approximate surface area is 128 Å². The van der Waals surface area contributed by atoms with Crippen LogP contribution in [0.1, 0.15) is 16.1 Å². The molecule has 116 valence electrons. The highest BCUT2D eigenvalue weighted by Gasteiger charge is 2.18. The number of fused-ring (bicyclic) bond motifs is 1. The zero-order valence-corrected chi connectivity index (χ0v) is 11.9. The van der Waals surface area contributed by atoms with Gasteiger partial charge >= 0.3 is 5.97 Å². The summed E-state index contributed by atoms with van der Waals surface area (Å²) in [6, 6.07) is 6.43. The predicted octanol–water partition coefficient (Wildman–Crippen LogP) is 2.65. The second-order valence-corrected chi connectivity index (χ2v) is 4.96. The third-order valence-corrected chi connectivity index (χ3v) is 3.45. The van der Waals surface area contributed by atoms with Gasteiger partial charge in [0.15, 0.2) is 5.82 Å². The van der Waals surface area contributed by atoms with E-state index in [1.165, 1.54) is 31.2 Å². The number of rotatable bonds is 2. The summed E-state index contributed by atoms with van der Waals surface area (Å²) in [5, 5.41) is 9.18. The fraction of sp³-hybridized carbons (Fsp3) is 0.0625. The summed E-state index contributed by atoms with van der Waals surface area (Å²) in [5.74, 6) is -2.62. The Morgan fingerprint density at radius 2 is 1.87 bits per heavy atom. The van der Waals surface area contributed by atoms with Gasteiger partial charge in [-0.25, -0.2) is 18.6 Å². The van der Waals surface area contributed by atoms with Crippen molar-refractivity contribution < 1.29 is 18.7 Å². The lowest BCUT2D eigenvalue weighted by Crippen LogP contribution is -2.23. The van der Waals surface area contributed by atoms with E-state index in [0.29, 0.717) is 11.1 Å². The average molecular weight is 316 g/mol. The molecule has 0 fully saturated rings. The molecule has 23 heavy (non-hydrogen) atoms. The van der Waals surface area contributed by atoms with E-state index in [4.69, 9.17) is 0 Å². The summed E-state index contributed by atoms with van der Waals surface area (Å²) in [5.41, 5.74) is -0.479. The van der Waals surface area contributed by atoms with Crippen LogP contribution < -0.4 is 5.56 Å². The standard InChI is InChI=1S/C16H10F2N2O3/c1-8-13(18)7-20-14(19-8)11(6-12(15(20)21)16(22)23)9-2-4-10(17)5-3-9/h2-7H,1H3,(H,22,23). The molecule has 0 aliphatic carbocycles. The first kappa shape index (κ1) is 14.8. The van der Waals surface area contributed by atoms with Gasteiger partial charge in [0.2, 0.25) is 0 Å². The Kier molecular flexibility index (Phi) is 3.40. The van der Waals surface area contributed by atoms with E-state index in [2.05, 4.69) is 4.98 Å². The monoisotopic (exact) mass is 316 g/mol. The van der Waals surface area contributed by atoms with Crippen LogP contribution in [0.2, 0.25) is 0 Å². The molecule has 0 saturated carbocycles. The summed E-state index contributed by atoms with van der Waals surface area (Å²) in [4.78, 5) is 27.5. The molecule has 2 aromatic heterocycles. The van der Waals surface area contributed by atoms with Gasteiger partial charge < -0.3 is 5.11 Å². The summed E-state index contributed by atoms with van der Waals surface area (Å²) in [6.45, 7) is 1.43. The van der Waals surface area contributed by atoms with Crippen molar-refractivity contribution in [3.05, 3.63) is 69.8 Å². The van der Waals surface area contributed by atoms with E-state index in [1.54, 1.807) is 0 Å². The van der Waals surface area contributed by atoms with Crippen LogP contribution >= 0.6 is 0 Å². The van der Waals surface area contributed by atoms with Crippen LogP contribution in [0.25, 0.3) is 16.8 Å². The van der Waals surface area contributed by atoms with Crippen molar-refractivity contribution in [1.29, 1.82) is 0 Å². The number of nitrogens with zero attached hydrogens (tertiary/aromatic N) is 2. The molecular weight excluding hydrogens is 306 g/mol. The van der Waals surface area contributed by atoms with Crippen LogP contribution in [0.3, 0.4) is 0 Å². The Bertz CT molecular complexity index is 995. The van der Waals surface area contributed by atoms with E-state index in [0.717, 1.165) is 16.7 Å². The van der Waals surface area contributed by atoms with Gasteiger partial charge in [-0.2, -0.15) is 0 Å². The summed E-state index contributed by atoms with van der Waals surface area (Å²) < 4.78 is 27.7. The van der Waals surface area contributed by atoms with Gasteiger partial charge in [0.25, 0.3) is 5.56 Å². The number of pyridine rings is 1. The van der Waals surface area contributed by atoms with Crippen molar-refractivity contribution in [2.24, 2.45) is 0 Å². The Morgan fingerprint density at radius 3 is 2.48 bits per heavy atom. The van der Waals surface area contributed by atoms with Crippen LogP contribution in [0, 0.1) is 18.6 Å². The van der Waals surface area contributed by atoms with Gasteiger partial charge in [-0.1, -0.05) is 12.1 Å². The maximum Gasteiger partial charge on any atom is 0.341 e. The number of carbonyl (C=O) groups is 1. The van der Waals surface area contributed by atoms with Crippen LogP contribution in [-0.2, 0) is 0 Å². The molecule has 0 amide bonds. The second-order valence-electron chi connectivity index (χ2n) is 4.96. The first-order valence-electron chi connectivity index (χ1n) is 6.60. The maximum atomic E-state index is 13.7. The molecule has 0 spiro atoms. The Hall–Kier alpha value is -3.09. The summed E-state index contributed by atoms with van der Waals surface area (Å²) >= 11 is 0. The van der Waals surface area contributed by atoms with Gasteiger partial charge in [0, 0.05) is 5.56 Å². The number of carboxylic acid groups (broad SMARTS) is 1. The highest BCUT2D eigenvalue weighted by Crippen LogP contribution is 2.24. The van der Waals surface area contributed by atoms with Crippen LogP contribution in [0.5, 0.6) is 0 Å². The van der Waals surface area contributed by atoms with Gasteiger partial charge in [0.05, 0.1) is 11.9 Å². The smallest absolute Gasteiger partial charge is 0.341 e. The van der Waals surface area contributed by atoms with Crippen molar-refractivity contribution in [1.82, 2.24) is 9.38 Å². The van der Waals surface area contributed by atoms with Crippen molar-refractivity contribution in [3.63, 3.8) is 0 Å². The van der Waals surface area contributed by atoms with Gasteiger partial charge in [0.1, 0.15) is 17.0 Å². The summed E-state index contributed by atoms with van der Waals surface area (Å²) in [6.07, 6.45) is 0.902. The van der Waals surface area contributed by atoms with Gasteiger partial charge in [-0.15, -0.1) is 0 Å². The van der Waals surface area contributed by atoms with E-state index >= 15 is 0 Å². The first-order valence-corrected chi connectivity index (χ1v) is 6.60. The number of aryl methyl sites for hydroxylation is 1. The van der Waals surface area contributed by atoms with E-state index in [9.17, 15) is 23.5 Å². The zero-order chi connectivity index (χ0) is 16.7. The molecule has 3 aromatic rings. The summed E-state index contributed by atoms with van der Waals surface area (Å²) in [7, 11) is 0. The minimum absolute atomic E-state index is 0.0656. The number of hydrogen-bond donors (Lipinski definition) is 1. The normalized spacial score (nSPS) is 10.9. The molecule has 0 aliphatic heterocycles. The second kappa shape index (κ2) is 5.28. The quantitative estimate of drug-likeness (QED) is 0.789. The number of halogens is 2. The lowest BCUT2D eigenvalue weighted by molar-refractivity contribution is 0.0695. The van der Waals surface area contributed by atoms with Crippen molar-refractivity contribution in [2.45, 2.75) is 6.92 Å². The van der Waals surface area contributed by atoms with Crippen molar-refractivity contribution >= 4 is 11.6 Å². The largest absolute Gasteiger partial charge is 0.477 e. The number of carboxylic acids is 1. The molecule has 2 heterocycles. The molecule has 7 heteroatoms. The molecular formula is C16H10F2N2O3. The molecule has 3 rings (SSSR count). The van der Waals surface area contributed by atoms with Crippen molar-refractivity contribution in [3.8, 4) is 11.1 Å². The third-order valence-electron chi connectivity index (χ3n) is 3.45. The lowest BCUT2D eigenvalue weighted by atomic mass is 10.0. The molecule has 0 saturated heterocycles. The van der Waals surface area contributed by atoms with E-state index < -0.39 is 28.7 Å². The van der Waals surface area contributed by atoms with E-state index in [1.807, 2.05) is 0 Å². The molecule has 5 nitrogen and oxygen atoms in total. The minimum Gasteiger partial charge on any atom is -0.477 e. The zero-order valence-electron chi connectivity index (χ0n) is 11.9. The SMILES string of the molecule is Cc1nc2c(-c3ccc(F)cc3)cc(C(=O)O)c(=O)n2cc1F. The molecule has 0 aliphatic rings. The minimum atomic E-state index is -1.44. The van der Waals surface area contributed by atoms with Gasteiger partial charge in [-0.05, 0) is 30.7 Å². The van der Waals surface area contributed by atoms with Crippen LogP contribution in [0.4, 0.5) is 8.78 Å². The maximum absolute atomic E-state index is 13.7. The average Bonchev–Trinajstić information content (AvgIpc) is 2.50. The fourth-order valence-corrected chi connectivity index (χ4v) is 2.27. The molecule has 1 N–H and O–H groups in total. The van der Waals surface area contributed by atoms with Gasteiger partial charge in [-0.3, -0.25) is 9.20 Å². The van der Waals surface area contributed by atoms with Crippen LogP contribution in [-0.4, -0.2) is 20.5 Å². The lowest BCUT2D eigenvalue weighted by Gasteiger charge is -2.10. The molecule has 1 aromatic carbocycles. The number of aromatic carboxylic acids is 1. The molecule has 0 atom stereocenters.